The minimum Gasteiger partial charge on any atom is -0.337 e. The third-order valence-corrected chi connectivity index (χ3v) is 1.35. The van der Waals surface area contributed by atoms with Crippen LogP contribution in [0.5, 0.6) is 0 Å². The molecular formula is C7H18N+. The van der Waals surface area contributed by atoms with E-state index in [2.05, 4.69) is 20.9 Å². The van der Waals surface area contributed by atoms with Gasteiger partial charge in [0, 0.05) is 0 Å². The number of hydrogen-bond donors (Lipinski definition) is 1. The van der Waals surface area contributed by atoms with E-state index in [9.17, 15) is 0 Å². The van der Waals surface area contributed by atoms with E-state index >= 15 is 0 Å². The predicted octanol–water partition coefficient (Wildman–Crippen LogP) is 0.321. The zero-order valence-electron chi connectivity index (χ0n) is 6.33. The standard InChI is InChI=1S/C7H17N/c1-4-6-8(3)7-5-2/h4-7H2,1-3H3/p+1. The van der Waals surface area contributed by atoms with Gasteiger partial charge >= 0.3 is 0 Å². The Kier molecular flexibility index (Phi) is 5.08. The first-order chi connectivity index (χ1) is 3.81. The van der Waals surface area contributed by atoms with Crippen LogP contribution in [-0.2, 0) is 0 Å². The van der Waals surface area contributed by atoms with Crippen molar-refractivity contribution in [2.75, 3.05) is 20.1 Å². The molecule has 0 aromatic rings. The van der Waals surface area contributed by atoms with Gasteiger partial charge in [-0.05, 0) is 12.8 Å². The van der Waals surface area contributed by atoms with Gasteiger partial charge in [0.1, 0.15) is 0 Å². The van der Waals surface area contributed by atoms with E-state index in [1.807, 2.05) is 0 Å². The van der Waals surface area contributed by atoms with Gasteiger partial charge in [-0.1, -0.05) is 13.8 Å². The lowest BCUT2D eigenvalue weighted by molar-refractivity contribution is -0.879. The lowest BCUT2D eigenvalue weighted by atomic mass is 10.4. The van der Waals surface area contributed by atoms with Crippen molar-refractivity contribution >= 4 is 0 Å². The van der Waals surface area contributed by atoms with Gasteiger partial charge < -0.3 is 4.90 Å². The number of rotatable bonds is 4. The van der Waals surface area contributed by atoms with Crippen molar-refractivity contribution in [1.29, 1.82) is 0 Å². The fourth-order valence-corrected chi connectivity index (χ4v) is 0.979. The lowest BCUT2D eigenvalue weighted by Gasteiger charge is -2.09. The van der Waals surface area contributed by atoms with E-state index < -0.39 is 0 Å². The van der Waals surface area contributed by atoms with Crippen LogP contribution < -0.4 is 4.90 Å². The molecule has 0 unspecified atom stereocenters. The first kappa shape index (κ1) is 7.96. The Hall–Kier alpha value is -0.0400. The van der Waals surface area contributed by atoms with E-state index in [-0.39, 0.29) is 0 Å². The molecule has 0 radical (unpaired) electrons. The molecule has 0 saturated carbocycles. The normalized spacial score (nSPS) is 10.5. The summed E-state index contributed by atoms with van der Waals surface area (Å²) in [6.45, 7) is 7.12. The maximum Gasteiger partial charge on any atom is 0.0766 e. The highest BCUT2D eigenvalue weighted by molar-refractivity contribution is 4.22. The summed E-state index contributed by atoms with van der Waals surface area (Å²) in [7, 11) is 2.26. The number of quaternary nitrogens is 1. The average molecular weight is 116 g/mol. The summed E-state index contributed by atoms with van der Waals surface area (Å²) in [5.41, 5.74) is 0. The van der Waals surface area contributed by atoms with Crippen molar-refractivity contribution in [2.24, 2.45) is 0 Å². The molecule has 0 aliphatic rings. The maximum absolute atomic E-state index is 2.26. The largest absolute Gasteiger partial charge is 0.337 e. The summed E-state index contributed by atoms with van der Waals surface area (Å²) < 4.78 is 0. The summed E-state index contributed by atoms with van der Waals surface area (Å²) in [4.78, 5) is 1.66. The zero-order chi connectivity index (χ0) is 6.41. The topological polar surface area (TPSA) is 4.44 Å². The van der Waals surface area contributed by atoms with Gasteiger partial charge in [0.2, 0.25) is 0 Å². The Labute approximate surface area is 52.7 Å². The Bertz CT molecular complexity index is 37.7. The second kappa shape index (κ2) is 5.10. The molecule has 0 saturated heterocycles. The van der Waals surface area contributed by atoms with Crippen LogP contribution in [0.25, 0.3) is 0 Å². The van der Waals surface area contributed by atoms with Crippen LogP contribution in [0.4, 0.5) is 0 Å². The molecule has 0 rings (SSSR count). The maximum atomic E-state index is 2.26. The van der Waals surface area contributed by atoms with Crippen molar-refractivity contribution in [2.45, 2.75) is 26.7 Å². The first-order valence-electron chi connectivity index (χ1n) is 3.62. The van der Waals surface area contributed by atoms with Crippen molar-refractivity contribution in [3.8, 4) is 0 Å². The van der Waals surface area contributed by atoms with Gasteiger partial charge in [0.15, 0.2) is 0 Å². The van der Waals surface area contributed by atoms with Gasteiger partial charge in [0.25, 0.3) is 0 Å². The fraction of sp³-hybridized carbons (Fsp3) is 1.00. The molecule has 0 aliphatic heterocycles. The molecule has 0 aliphatic carbocycles. The number of hydrogen-bond acceptors (Lipinski definition) is 0. The Morgan fingerprint density at radius 1 is 1.00 bits per heavy atom. The van der Waals surface area contributed by atoms with E-state index in [1.54, 1.807) is 4.90 Å². The molecule has 0 atom stereocenters. The highest BCUT2D eigenvalue weighted by Crippen LogP contribution is 1.65. The molecule has 8 heavy (non-hydrogen) atoms. The predicted molar refractivity (Wildman–Crippen MR) is 37.2 cm³/mol. The van der Waals surface area contributed by atoms with Crippen LogP contribution in [0, 0.1) is 0 Å². The van der Waals surface area contributed by atoms with Gasteiger partial charge in [-0.25, -0.2) is 0 Å². The second-order valence-corrected chi connectivity index (χ2v) is 2.46. The Morgan fingerprint density at radius 3 is 1.62 bits per heavy atom. The monoisotopic (exact) mass is 116 g/mol. The highest BCUT2D eigenvalue weighted by Gasteiger charge is 1.93. The molecule has 50 valence electrons. The molecule has 0 heterocycles. The van der Waals surface area contributed by atoms with E-state index in [1.165, 1.54) is 25.9 Å². The quantitative estimate of drug-likeness (QED) is 0.539. The third-order valence-electron chi connectivity index (χ3n) is 1.35. The van der Waals surface area contributed by atoms with Crippen molar-refractivity contribution in [3.05, 3.63) is 0 Å². The molecular weight excluding hydrogens is 98.1 g/mol. The number of nitrogens with one attached hydrogen (secondary N) is 1. The van der Waals surface area contributed by atoms with Crippen molar-refractivity contribution < 1.29 is 4.90 Å². The zero-order valence-corrected chi connectivity index (χ0v) is 6.33. The molecule has 1 N–H and O–H groups in total. The molecule has 0 bridgehead atoms. The van der Waals surface area contributed by atoms with Crippen LogP contribution in [0.2, 0.25) is 0 Å². The summed E-state index contributed by atoms with van der Waals surface area (Å²) in [6.07, 6.45) is 2.62. The van der Waals surface area contributed by atoms with Crippen LogP contribution >= 0.6 is 0 Å². The van der Waals surface area contributed by atoms with E-state index in [0.29, 0.717) is 0 Å². The minimum atomic E-state index is 1.31. The molecule has 0 aromatic carbocycles. The van der Waals surface area contributed by atoms with Gasteiger partial charge in [-0.15, -0.1) is 0 Å². The Morgan fingerprint density at radius 2 is 1.38 bits per heavy atom. The summed E-state index contributed by atoms with van der Waals surface area (Å²) in [5, 5.41) is 0. The van der Waals surface area contributed by atoms with Crippen molar-refractivity contribution in [3.63, 3.8) is 0 Å². The highest BCUT2D eigenvalue weighted by atomic mass is 15.1. The average Bonchev–Trinajstić information content (AvgIpc) is 1.68. The molecule has 0 aromatic heterocycles. The molecule has 1 nitrogen and oxygen atoms in total. The first-order valence-corrected chi connectivity index (χ1v) is 3.62. The summed E-state index contributed by atoms with van der Waals surface area (Å²) in [6, 6.07) is 0. The summed E-state index contributed by atoms with van der Waals surface area (Å²) >= 11 is 0. The minimum absolute atomic E-state index is 1.31. The van der Waals surface area contributed by atoms with Gasteiger partial charge in [0.05, 0.1) is 20.1 Å². The molecule has 0 spiro atoms. The third kappa shape index (κ3) is 4.13. The van der Waals surface area contributed by atoms with Crippen LogP contribution in [-0.4, -0.2) is 20.1 Å². The second-order valence-electron chi connectivity index (χ2n) is 2.46. The van der Waals surface area contributed by atoms with Crippen LogP contribution in [0.3, 0.4) is 0 Å². The molecule has 0 amide bonds. The SMILES string of the molecule is CCC[NH+](C)CCC. The van der Waals surface area contributed by atoms with Gasteiger partial charge in [-0.2, -0.15) is 0 Å². The van der Waals surface area contributed by atoms with Crippen molar-refractivity contribution in [1.82, 2.24) is 0 Å². The van der Waals surface area contributed by atoms with E-state index in [0.717, 1.165) is 0 Å². The van der Waals surface area contributed by atoms with Gasteiger partial charge in [-0.3, -0.25) is 0 Å². The smallest absolute Gasteiger partial charge is 0.0766 e. The lowest BCUT2D eigenvalue weighted by Crippen LogP contribution is -3.08. The summed E-state index contributed by atoms with van der Waals surface area (Å²) in [5.74, 6) is 0. The molecule has 0 fully saturated rings. The van der Waals surface area contributed by atoms with Crippen LogP contribution in [0.1, 0.15) is 26.7 Å². The Balaban J connectivity index is 2.92. The molecule has 1 heteroatoms. The van der Waals surface area contributed by atoms with Crippen LogP contribution in [0.15, 0.2) is 0 Å². The fourth-order valence-electron chi connectivity index (χ4n) is 0.979. The van der Waals surface area contributed by atoms with E-state index in [4.69, 9.17) is 0 Å².